The normalized spacial score (nSPS) is 23.6. The van der Waals surface area contributed by atoms with Crippen molar-refractivity contribution in [2.45, 2.75) is 72.1 Å². The summed E-state index contributed by atoms with van der Waals surface area (Å²) in [4.78, 5) is 16.9. The lowest BCUT2D eigenvalue weighted by Gasteiger charge is -2.26. The van der Waals surface area contributed by atoms with Gasteiger partial charge in [0.05, 0.1) is 12.2 Å². The van der Waals surface area contributed by atoms with Crippen LogP contribution in [-0.2, 0) is 4.79 Å². The van der Waals surface area contributed by atoms with Crippen LogP contribution in [0.25, 0.3) is 0 Å². The van der Waals surface area contributed by atoms with Crippen LogP contribution in [0.1, 0.15) is 53.9 Å². The van der Waals surface area contributed by atoms with Gasteiger partial charge in [0.1, 0.15) is 0 Å². The van der Waals surface area contributed by atoms with Gasteiger partial charge in [0.2, 0.25) is 5.91 Å². The average Bonchev–Trinajstić information content (AvgIpc) is 2.66. The van der Waals surface area contributed by atoms with Crippen molar-refractivity contribution >= 4 is 5.91 Å². The Kier molecular flexibility index (Phi) is 6.96. The topological polar surface area (TPSA) is 35.6 Å². The predicted octanol–water partition coefficient (Wildman–Crippen LogP) is 2.30. The molecule has 0 aromatic heterocycles. The molecule has 0 bridgehead atoms. The van der Waals surface area contributed by atoms with E-state index in [1.807, 2.05) is 0 Å². The highest BCUT2D eigenvalue weighted by Gasteiger charge is 2.37. The van der Waals surface area contributed by atoms with Gasteiger partial charge in [0.25, 0.3) is 0 Å². The summed E-state index contributed by atoms with van der Waals surface area (Å²) in [6.07, 6.45) is 3.21. The van der Waals surface area contributed by atoms with Crippen LogP contribution in [0.15, 0.2) is 0 Å². The minimum atomic E-state index is 0.0304. The molecule has 1 aliphatic rings. The summed E-state index contributed by atoms with van der Waals surface area (Å²) in [5.74, 6) is 0.860. The Labute approximate surface area is 124 Å². The molecule has 0 aromatic rings. The van der Waals surface area contributed by atoms with Gasteiger partial charge in [-0.15, -0.1) is 0 Å². The Morgan fingerprint density at radius 3 is 2.45 bits per heavy atom. The standard InChI is InChI=1S/C16H33N3O/c1-7-15-17-14(11-12(2)3)16(20)19(15)10-8-9-18(6)13(4)5/h12-15,17H,7-11H2,1-6H3. The number of carbonyl (C=O) groups excluding carboxylic acids is 1. The quantitative estimate of drug-likeness (QED) is 0.742. The summed E-state index contributed by atoms with van der Waals surface area (Å²) in [7, 11) is 2.15. The summed E-state index contributed by atoms with van der Waals surface area (Å²) < 4.78 is 0. The third kappa shape index (κ3) is 4.74. The first-order chi connectivity index (χ1) is 9.36. The molecule has 0 aliphatic carbocycles. The molecule has 1 aliphatic heterocycles. The van der Waals surface area contributed by atoms with Crippen molar-refractivity contribution in [3.8, 4) is 0 Å². The fourth-order valence-corrected chi connectivity index (χ4v) is 2.74. The lowest BCUT2D eigenvalue weighted by molar-refractivity contribution is -0.130. The van der Waals surface area contributed by atoms with Gasteiger partial charge < -0.3 is 9.80 Å². The molecular weight excluding hydrogens is 250 g/mol. The summed E-state index contributed by atoms with van der Waals surface area (Å²) in [5, 5.41) is 3.50. The molecule has 1 saturated heterocycles. The van der Waals surface area contributed by atoms with E-state index in [4.69, 9.17) is 0 Å². The van der Waals surface area contributed by atoms with Gasteiger partial charge in [-0.2, -0.15) is 0 Å². The first kappa shape index (κ1) is 17.4. The van der Waals surface area contributed by atoms with Crippen molar-refractivity contribution in [3.05, 3.63) is 0 Å². The van der Waals surface area contributed by atoms with E-state index < -0.39 is 0 Å². The van der Waals surface area contributed by atoms with E-state index in [-0.39, 0.29) is 12.2 Å². The van der Waals surface area contributed by atoms with Crippen LogP contribution in [0.5, 0.6) is 0 Å². The molecule has 0 aromatic carbocycles. The van der Waals surface area contributed by atoms with E-state index in [0.717, 1.165) is 32.4 Å². The summed E-state index contributed by atoms with van der Waals surface area (Å²) in [5.41, 5.74) is 0. The molecule has 0 radical (unpaired) electrons. The maximum Gasteiger partial charge on any atom is 0.241 e. The molecule has 1 amide bonds. The Morgan fingerprint density at radius 1 is 1.30 bits per heavy atom. The van der Waals surface area contributed by atoms with Gasteiger partial charge in [-0.3, -0.25) is 10.1 Å². The fourth-order valence-electron chi connectivity index (χ4n) is 2.74. The zero-order valence-corrected chi connectivity index (χ0v) is 14.1. The van der Waals surface area contributed by atoms with Crippen LogP contribution in [0.2, 0.25) is 0 Å². The number of amides is 1. The van der Waals surface area contributed by atoms with Crippen molar-refractivity contribution in [1.29, 1.82) is 0 Å². The van der Waals surface area contributed by atoms with Crippen molar-refractivity contribution in [2.75, 3.05) is 20.1 Å². The van der Waals surface area contributed by atoms with Crippen LogP contribution in [0.3, 0.4) is 0 Å². The van der Waals surface area contributed by atoms with Gasteiger partial charge in [0, 0.05) is 12.6 Å². The zero-order valence-electron chi connectivity index (χ0n) is 14.1. The van der Waals surface area contributed by atoms with Crippen LogP contribution >= 0.6 is 0 Å². The number of hydrogen-bond acceptors (Lipinski definition) is 3. The molecule has 0 saturated carbocycles. The first-order valence-electron chi connectivity index (χ1n) is 8.13. The van der Waals surface area contributed by atoms with E-state index in [1.54, 1.807) is 0 Å². The SMILES string of the molecule is CCC1NC(CC(C)C)C(=O)N1CCCN(C)C(C)C. The van der Waals surface area contributed by atoms with Crippen LogP contribution < -0.4 is 5.32 Å². The van der Waals surface area contributed by atoms with Gasteiger partial charge >= 0.3 is 0 Å². The molecule has 0 spiro atoms. The third-order valence-corrected chi connectivity index (χ3v) is 4.24. The molecule has 1 heterocycles. The van der Waals surface area contributed by atoms with Crippen molar-refractivity contribution in [1.82, 2.24) is 15.1 Å². The van der Waals surface area contributed by atoms with E-state index >= 15 is 0 Å². The van der Waals surface area contributed by atoms with Gasteiger partial charge in [-0.1, -0.05) is 20.8 Å². The van der Waals surface area contributed by atoms with Gasteiger partial charge in [0.15, 0.2) is 0 Å². The molecule has 118 valence electrons. The fraction of sp³-hybridized carbons (Fsp3) is 0.938. The summed E-state index contributed by atoms with van der Waals surface area (Å²) in [6.45, 7) is 12.8. The van der Waals surface area contributed by atoms with E-state index in [9.17, 15) is 4.79 Å². The van der Waals surface area contributed by atoms with Crippen molar-refractivity contribution < 1.29 is 4.79 Å². The maximum absolute atomic E-state index is 12.5. The molecule has 4 heteroatoms. The van der Waals surface area contributed by atoms with Gasteiger partial charge in [-0.25, -0.2) is 0 Å². The smallest absolute Gasteiger partial charge is 0.241 e. The van der Waals surface area contributed by atoms with Crippen LogP contribution in [0.4, 0.5) is 0 Å². The first-order valence-corrected chi connectivity index (χ1v) is 8.13. The molecular formula is C16H33N3O. The molecule has 1 fully saturated rings. The Hall–Kier alpha value is -0.610. The second-order valence-corrected chi connectivity index (χ2v) is 6.73. The molecule has 4 nitrogen and oxygen atoms in total. The lowest BCUT2D eigenvalue weighted by Crippen LogP contribution is -2.39. The number of nitrogens with zero attached hydrogens (tertiary/aromatic N) is 2. The highest BCUT2D eigenvalue weighted by molar-refractivity contribution is 5.84. The van der Waals surface area contributed by atoms with Crippen LogP contribution in [-0.4, -0.2) is 54.1 Å². The highest BCUT2D eigenvalue weighted by Crippen LogP contribution is 2.19. The number of carbonyl (C=O) groups is 1. The monoisotopic (exact) mass is 283 g/mol. The van der Waals surface area contributed by atoms with E-state index in [0.29, 0.717) is 17.9 Å². The largest absolute Gasteiger partial charge is 0.326 e. The number of rotatable bonds is 8. The second kappa shape index (κ2) is 7.99. The zero-order chi connectivity index (χ0) is 15.3. The molecule has 2 atom stereocenters. The van der Waals surface area contributed by atoms with E-state index in [2.05, 4.69) is 56.8 Å². The highest BCUT2D eigenvalue weighted by atomic mass is 16.2. The lowest BCUT2D eigenvalue weighted by atomic mass is 10.0. The Bertz CT molecular complexity index is 304. The molecule has 2 unspecified atom stereocenters. The minimum Gasteiger partial charge on any atom is -0.326 e. The third-order valence-electron chi connectivity index (χ3n) is 4.24. The minimum absolute atomic E-state index is 0.0304. The summed E-state index contributed by atoms with van der Waals surface area (Å²) in [6, 6.07) is 0.598. The number of nitrogens with one attached hydrogen (secondary N) is 1. The van der Waals surface area contributed by atoms with E-state index in [1.165, 1.54) is 0 Å². The molecule has 1 rings (SSSR count). The Morgan fingerprint density at radius 2 is 1.95 bits per heavy atom. The average molecular weight is 283 g/mol. The molecule has 1 N–H and O–H groups in total. The van der Waals surface area contributed by atoms with Crippen LogP contribution in [0, 0.1) is 5.92 Å². The van der Waals surface area contributed by atoms with Crippen molar-refractivity contribution in [3.63, 3.8) is 0 Å². The van der Waals surface area contributed by atoms with Gasteiger partial charge in [-0.05, 0) is 52.6 Å². The maximum atomic E-state index is 12.5. The van der Waals surface area contributed by atoms with Crippen molar-refractivity contribution in [2.24, 2.45) is 5.92 Å². The predicted molar refractivity (Wildman–Crippen MR) is 84.6 cm³/mol. The second-order valence-electron chi connectivity index (χ2n) is 6.73. The number of hydrogen-bond donors (Lipinski definition) is 1. The molecule has 20 heavy (non-hydrogen) atoms. The summed E-state index contributed by atoms with van der Waals surface area (Å²) >= 11 is 0. The Balaban J connectivity index is 2.48.